The third-order valence-corrected chi connectivity index (χ3v) is 5.73. The van der Waals surface area contributed by atoms with Crippen LogP contribution in [0.5, 0.6) is 0 Å². The average molecular weight is 483 g/mol. The lowest BCUT2D eigenvalue weighted by Crippen LogP contribution is -2.26. The summed E-state index contributed by atoms with van der Waals surface area (Å²) < 4.78 is 41.0. The summed E-state index contributed by atoms with van der Waals surface area (Å²) in [5, 5.41) is 12.3. The van der Waals surface area contributed by atoms with Crippen molar-refractivity contribution in [3.63, 3.8) is 0 Å². The third kappa shape index (κ3) is 5.26. The monoisotopic (exact) mass is 483 g/mol. The van der Waals surface area contributed by atoms with Crippen LogP contribution < -0.4 is 10.9 Å². The number of nitrogens with zero attached hydrogens (tertiary/aromatic N) is 4. The number of carbonyl (C=O) groups is 1. The molecule has 0 saturated carbocycles. The van der Waals surface area contributed by atoms with Gasteiger partial charge in [-0.3, -0.25) is 9.59 Å². The molecule has 0 aliphatic carbocycles. The minimum absolute atomic E-state index is 0.121. The number of para-hydroxylation sites is 1. The summed E-state index contributed by atoms with van der Waals surface area (Å²) in [4.78, 5) is 25.2. The van der Waals surface area contributed by atoms with Crippen molar-refractivity contribution < 1.29 is 18.0 Å². The van der Waals surface area contributed by atoms with E-state index in [1.807, 2.05) is 44.2 Å². The molecule has 2 aromatic heterocycles. The molecule has 0 radical (unpaired) electrons. The molecule has 4 aromatic rings. The number of alkyl halides is 3. The van der Waals surface area contributed by atoms with Gasteiger partial charge in [0, 0.05) is 19.5 Å². The van der Waals surface area contributed by atoms with Gasteiger partial charge >= 0.3 is 6.18 Å². The number of rotatable bonds is 7. The van der Waals surface area contributed by atoms with Gasteiger partial charge < -0.3 is 5.32 Å². The molecule has 1 N–H and O–H groups in total. The highest BCUT2D eigenvalue weighted by Crippen LogP contribution is 2.29. The van der Waals surface area contributed by atoms with Crippen LogP contribution in [0.3, 0.4) is 0 Å². The number of amides is 1. The van der Waals surface area contributed by atoms with Crippen LogP contribution in [0.25, 0.3) is 16.6 Å². The Labute approximate surface area is 199 Å². The predicted octanol–water partition coefficient (Wildman–Crippen LogP) is 4.31. The first-order valence-corrected chi connectivity index (χ1v) is 11.1. The van der Waals surface area contributed by atoms with Crippen molar-refractivity contribution in [3.8, 4) is 5.69 Å². The number of hydrogen-bond donors (Lipinski definition) is 1. The van der Waals surface area contributed by atoms with Gasteiger partial charge in [0.05, 0.1) is 28.0 Å². The molecule has 0 fully saturated rings. The standard InChI is InChI=1S/C25H24F3N5O2/c1-16-22-17(2)33(20-7-4-3-5-8-20)31-23(22)24(35)32(30-16)14-6-9-21(34)29-15-18-10-12-19(13-11-18)25(26,27)28/h3-5,7-8,10-13H,6,9,14-15H2,1-2H3,(H,29,34). The zero-order chi connectivity index (χ0) is 25.2. The van der Waals surface area contributed by atoms with E-state index in [1.165, 1.54) is 16.8 Å². The highest BCUT2D eigenvalue weighted by molar-refractivity contribution is 5.83. The summed E-state index contributed by atoms with van der Waals surface area (Å²) in [6, 6.07) is 14.1. The van der Waals surface area contributed by atoms with Gasteiger partial charge in [-0.05, 0) is 50.1 Å². The molecule has 4 rings (SSSR count). The molecule has 35 heavy (non-hydrogen) atoms. The number of carbonyl (C=O) groups excluding carboxylic acids is 1. The molecule has 0 saturated heterocycles. The van der Waals surface area contributed by atoms with E-state index in [2.05, 4.69) is 15.5 Å². The first-order chi connectivity index (χ1) is 16.6. The highest BCUT2D eigenvalue weighted by Gasteiger charge is 2.29. The van der Waals surface area contributed by atoms with Gasteiger partial charge in [0.25, 0.3) is 5.56 Å². The molecule has 10 heteroatoms. The van der Waals surface area contributed by atoms with Crippen molar-refractivity contribution in [3.05, 3.63) is 87.5 Å². The average Bonchev–Trinajstić information content (AvgIpc) is 3.19. The molecule has 0 bridgehead atoms. The molecule has 2 aromatic carbocycles. The summed E-state index contributed by atoms with van der Waals surface area (Å²) in [6.45, 7) is 4.07. The minimum atomic E-state index is -4.40. The molecule has 182 valence electrons. The lowest BCUT2D eigenvalue weighted by molar-refractivity contribution is -0.137. The number of aryl methyl sites for hydroxylation is 3. The van der Waals surface area contributed by atoms with Crippen LogP contribution >= 0.6 is 0 Å². The van der Waals surface area contributed by atoms with E-state index >= 15 is 0 Å². The largest absolute Gasteiger partial charge is 0.416 e. The van der Waals surface area contributed by atoms with E-state index in [9.17, 15) is 22.8 Å². The van der Waals surface area contributed by atoms with Crippen LogP contribution in [0.15, 0.2) is 59.4 Å². The van der Waals surface area contributed by atoms with Crippen LogP contribution in [0.4, 0.5) is 13.2 Å². The summed E-state index contributed by atoms with van der Waals surface area (Å²) in [7, 11) is 0. The van der Waals surface area contributed by atoms with E-state index in [4.69, 9.17) is 0 Å². The van der Waals surface area contributed by atoms with E-state index in [0.717, 1.165) is 23.5 Å². The Balaban J connectivity index is 1.39. The third-order valence-electron chi connectivity index (χ3n) is 5.73. The summed E-state index contributed by atoms with van der Waals surface area (Å²) in [5.74, 6) is -0.264. The molecule has 0 aliphatic heterocycles. The van der Waals surface area contributed by atoms with Crippen molar-refractivity contribution >= 4 is 16.8 Å². The van der Waals surface area contributed by atoms with Crippen molar-refractivity contribution in [1.82, 2.24) is 24.9 Å². The molecule has 0 atom stereocenters. The number of benzene rings is 2. The Bertz CT molecular complexity index is 1410. The van der Waals surface area contributed by atoms with E-state index in [1.54, 1.807) is 4.68 Å². The van der Waals surface area contributed by atoms with Gasteiger partial charge in [-0.15, -0.1) is 0 Å². The number of aromatic nitrogens is 4. The van der Waals surface area contributed by atoms with Crippen LogP contribution in [0.2, 0.25) is 0 Å². The first kappa shape index (κ1) is 24.2. The quantitative estimate of drug-likeness (QED) is 0.425. The van der Waals surface area contributed by atoms with Crippen LogP contribution in [-0.4, -0.2) is 25.5 Å². The summed E-state index contributed by atoms with van der Waals surface area (Å²) in [5.41, 5.74) is 2.17. The molecule has 0 aliphatic rings. The van der Waals surface area contributed by atoms with Crippen molar-refractivity contribution in [2.45, 2.75) is 46.0 Å². The Morgan fingerprint density at radius 1 is 1.00 bits per heavy atom. The maximum Gasteiger partial charge on any atom is 0.416 e. The fraction of sp³-hybridized carbons (Fsp3) is 0.280. The molecule has 2 heterocycles. The number of hydrogen-bond acceptors (Lipinski definition) is 4. The lowest BCUT2D eigenvalue weighted by atomic mass is 10.1. The van der Waals surface area contributed by atoms with E-state index < -0.39 is 11.7 Å². The maximum absolute atomic E-state index is 13.0. The Morgan fingerprint density at radius 2 is 1.69 bits per heavy atom. The van der Waals surface area contributed by atoms with Crippen molar-refractivity contribution in [2.24, 2.45) is 0 Å². The van der Waals surface area contributed by atoms with Gasteiger partial charge in [0.2, 0.25) is 5.91 Å². The summed E-state index contributed by atoms with van der Waals surface area (Å²) >= 11 is 0. The number of fused-ring (bicyclic) bond motifs is 1. The zero-order valence-corrected chi connectivity index (χ0v) is 19.3. The smallest absolute Gasteiger partial charge is 0.352 e. The molecular weight excluding hydrogens is 459 g/mol. The second kappa shape index (κ2) is 9.73. The Kier molecular flexibility index (Phi) is 6.72. The summed E-state index contributed by atoms with van der Waals surface area (Å²) in [6.07, 6.45) is -3.88. The topological polar surface area (TPSA) is 81.8 Å². The molecule has 0 spiro atoms. The second-order valence-electron chi connectivity index (χ2n) is 8.25. The highest BCUT2D eigenvalue weighted by atomic mass is 19.4. The van der Waals surface area contributed by atoms with Crippen molar-refractivity contribution in [2.75, 3.05) is 0 Å². The first-order valence-electron chi connectivity index (χ1n) is 11.1. The fourth-order valence-electron chi connectivity index (χ4n) is 3.95. The SMILES string of the molecule is Cc1nn(CCCC(=O)NCc2ccc(C(F)(F)F)cc2)c(=O)c2nn(-c3ccccc3)c(C)c12. The fourth-order valence-corrected chi connectivity index (χ4v) is 3.95. The van der Waals surface area contributed by atoms with E-state index in [0.29, 0.717) is 28.6 Å². The van der Waals surface area contributed by atoms with Gasteiger partial charge in [-0.1, -0.05) is 30.3 Å². The van der Waals surface area contributed by atoms with Gasteiger partial charge in [0.15, 0.2) is 5.52 Å². The second-order valence-corrected chi connectivity index (χ2v) is 8.25. The molecule has 0 unspecified atom stereocenters. The van der Waals surface area contributed by atoms with Gasteiger partial charge in [0.1, 0.15) is 0 Å². The minimum Gasteiger partial charge on any atom is -0.352 e. The predicted molar refractivity (Wildman–Crippen MR) is 125 cm³/mol. The molecule has 7 nitrogen and oxygen atoms in total. The maximum atomic E-state index is 13.0. The number of halogens is 3. The molecule has 1 amide bonds. The van der Waals surface area contributed by atoms with Crippen LogP contribution in [0.1, 0.15) is 35.4 Å². The zero-order valence-electron chi connectivity index (χ0n) is 19.3. The van der Waals surface area contributed by atoms with Gasteiger partial charge in [-0.2, -0.15) is 23.4 Å². The van der Waals surface area contributed by atoms with Crippen molar-refractivity contribution in [1.29, 1.82) is 0 Å². The van der Waals surface area contributed by atoms with Crippen LogP contribution in [0, 0.1) is 13.8 Å². The Morgan fingerprint density at radius 3 is 2.34 bits per heavy atom. The normalized spacial score (nSPS) is 11.7. The molecular formula is C25H24F3N5O2. The van der Waals surface area contributed by atoms with Crippen LogP contribution in [-0.2, 0) is 24.1 Å². The van der Waals surface area contributed by atoms with Gasteiger partial charge in [-0.25, -0.2) is 9.36 Å². The van der Waals surface area contributed by atoms with E-state index in [-0.39, 0.29) is 31.0 Å². The lowest BCUT2D eigenvalue weighted by Gasteiger charge is -2.09. The Hall–Kier alpha value is -3.95. The number of nitrogens with one attached hydrogen (secondary N) is 1.